The minimum Gasteiger partial charge on any atom is -0.465 e. The van der Waals surface area contributed by atoms with Gasteiger partial charge in [-0.25, -0.2) is 0 Å². The molecule has 4 rings (SSSR count). The molecule has 0 radical (unpaired) electrons. The molecule has 0 amide bonds. The van der Waals surface area contributed by atoms with Gasteiger partial charge >= 0.3 is 13.1 Å². The molecular weight excluding hydrogens is 389 g/mol. The molecule has 6 heteroatoms. The highest BCUT2D eigenvalue weighted by molar-refractivity contribution is 6.62. The molecule has 2 heterocycles. The van der Waals surface area contributed by atoms with Crippen molar-refractivity contribution in [2.75, 3.05) is 19.7 Å². The van der Waals surface area contributed by atoms with Crippen LogP contribution >= 0.6 is 0 Å². The van der Waals surface area contributed by atoms with Crippen molar-refractivity contribution in [3.63, 3.8) is 0 Å². The third-order valence-corrected chi connectivity index (χ3v) is 6.89. The Kier molecular flexibility index (Phi) is 5.75. The highest BCUT2D eigenvalue weighted by Crippen LogP contribution is 2.38. The van der Waals surface area contributed by atoms with Gasteiger partial charge in [-0.3, -0.25) is 9.69 Å². The quantitative estimate of drug-likeness (QED) is 0.529. The molecular formula is C25H32BNO4. The van der Waals surface area contributed by atoms with Gasteiger partial charge in [-0.1, -0.05) is 54.6 Å². The first-order valence-corrected chi connectivity index (χ1v) is 11.1. The molecule has 2 aromatic rings. The minimum atomic E-state index is -0.626. The van der Waals surface area contributed by atoms with Crippen molar-refractivity contribution in [2.45, 2.75) is 57.8 Å². The standard InChI is InChI=1S/C25H32BNO4/c1-6-29-22(28)25(17-27(18-25)16-19-10-8-7-9-11-19)20-12-14-21(15-13-20)26-30-23(2,3)24(4,5)31-26/h7-15H,6,16-18H2,1-5H3. The molecule has 2 aliphatic rings. The number of esters is 1. The Hall–Kier alpha value is -2.15. The van der Waals surface area contributed by atoms with Gasteiger partial charge in [0.05, 0.1) is 17.8 Å². The van der Waals surface area contributed by atoms with Crippen molar-refractivity contribution < 1.29 is 18.8 Å². The molecule has 0 spiro atoms. The number of benzene rings is 2. The van der Waals surface area contributed by atoms with Crippen LogP contribution in [0, 0.1) is 0 Å². The Balaban J connectivity index is 1.51. The minimum absolute atomic E-state index is 0.150. The SMILES string of the molecule is CCOC(=O)C1(c2ccc(B3OC(C)(C)C(C)(C)O3)cc2)CN(Cc2ccccc2)C1. The van der Waals surface area contributed by atoms with Crippen LogP contribution in [0.2, 0.25) is 0 Å². The monoisotopic (exact) mass is 421 g/mol. The average Bonchev–Trinajstić information content (AvgIpc) is 2.93. The second kappa shape index (κ2) is 8.08. The topological polar surface area (TPSA) is 48.0 Å². The van der Waals surface area contributed by atoms with E-state index in [-0.39, 0.29) is 17.2 Å². The second-order valence-electron chi connectivity index (χ2n) is 9.64. The molecule has 0 bridgehead atoms. The number of carbonyl (C=O) groups is 1. The highest BCUT2D eigenvalue weighted by atomic mass is 16.7. The van der Waals surface area contributed by atoms with E-state index in [0.29, 0.717) is 19.7 Å². The van der Waals surface area contributed by atoms with Crippen LogP contribution in [0.3, 0.4) is 0 Å². The lowest BCUT2D eigenvalue weighted by molar-refractivity contribution is -0.158. The first-order valence-electron chi connectivity index (χ1n) is 11.1. The van der Waals surface area contributed by atoms with E-state index in [1.807, 2.05) is 77.1 Å². The van der Waals surface area contributed by atoms with E-state index in [1.54, 1.807) is 0 Å². The fraction of sp³-hybridized carbons (Fsp3) is 0.480. The van der Waals surface area contributed by atoms with Crippen LogP contribution in [0.5, 0.6) is 0 Å². The number of ether oxygens (including phenoxy) is 1. The van der Waals surface area contributed by atoms with Crippen LogP contribution in [0.15, 0.2) is 54.6 Å². The summed E-state index contributed by atoms with van der Waals surface area (Å²) in [6.07, 6.45) is 0. The summed E-state index contributed by atoms with van der Waals surface area (Å²) in [5.74, 6) is -0.150. The fourth-order valence-corrected chi connectivity index (χ4v) is 4.31. The molecule has 0 aromatic heterocycles. The number of nitrogens with zero attached hydrogens (tertiary/aromatic N) is 1. The predicted octanol–water partition coefficient (Wildman–Crippen LogP) is 3.30. The van der Waals surface area contributed by atoms with Crippen LogP contribution in [0.25, 0.3) is 0 Å². The zero-order chi connectivity index (χ0) is 22.3. The van der Waals surface area contributed by atoms with Crippen molar-refractivity contribution in [1.82, 2.24) is 4.90 Å². The van der Waals surface area contributed by atoms with Crippen molar-refractivity contribution in [2.24, 2.45) is 0 Å². The smallest absolute Gasteiger partial charge is 0.465 e. The zero-order valence-electron chi connectivity index (χ0n) is 19.2. The number of hydrogen-bond acceptors (Lipinski definition) is 5. The van der Waals surface area contributed by atoms with E-state index in [9.17, 15) is 4.79 Å². The Morgan fingerprint density at radius 2 is 1.55 bits per heavy atom. The van der Waals surface area contributed by atoms with Gasteiger partial charge in [0.2, 0.25) is 0 Å². The Morgan fingerprint density at radius 3 is 2.10 bits per heavy atom. The largest absolute Gasteiger partial charge is 0.494 e. The van der Waals surface area contributed by atoms with Crippen molar-refractivity contribution in [3.05, 3.63) is 65.7 Å². The van der Waals surface area contributed by atoms with E-state index >= 15 is 0 Å². The summed E-state index contributed by atoms with van der Waals surface area (Å²) < 4.78 is 17.8. The lowest BCUT2D eigenvalue weighted by Crippen LogP contribution is -2.63. The molecule has 2 aliphatic heterocycles. The van der Waals surface area contributed by atoms with Gasteiger partial charge in [0.25, 0.3) is 0 Å². The summed E-state index contributed by atoms with van der Waals surface area (Å²) in [5.41, 5.74) is 1.80. The Bertz CT molecular complexity index is 904. The van der Waals surface area contributed by atoms with Gasteiger partial charge in [-0.15, -0.1) is 0 Å². The summed E-state index contributed by atoms with van der Waals surface area (Å²) in [7, 11) is -0.409. The van der Waals surface area contributed by atoms with Gasteiger partial charge in [0.15, 0.2) is 0 Å². The van der Waals surface area contributed by atoms with E-state index in [2.05, 4.69) is 17.0 Å². The molecule has 2 aromatic carbocycles. The first kappa shape index (κ1) is 22.1. The summed E-state index contributed by atoms with van der Waals surface area (Å²) in [4.78, 5) is 15.2. The Labute approximate surface area is 185 Å². The van der Waals surface area contributed by atoms with Crippen LogP contribution in [-0.2, 0) is 30.8 Å². The number of hydrogen-bond donors (Lipinski definition) is 0. The number of carbonyl (C=O) groups excluding carboxylic acids is 1. The van der Waals surface area contributed by atoms with Crippen LogP contribution in [-0.4, -0.2) is 48.9 Å². The molecule has 2 fully saturated rings. The van der Waals surface area contributed by atoms with Gasteiger partial charge in [-0.05, 0) is 51.2 Å². The molecule has 164 valence electrons. The van der Waals surface area contributed by atoms with E-state index < -0.39 is 12.5 Å². The molecule has 0 aliphatic carbocycles. The molecule has 2 saturated heterocycles. The zero-order valence-corrected chi connectivity index (χ0v) is 19.2. The van der Waals surface area contributed by atoms with Crippen molar-refractivity contribution in [3.8, 4) is 0 Å². The third-order valence-electron chi connectivity index (χ3n) is 6.89. The average molecular weight is 421 g/mol. The fourth-order valence-electron chi connectivity index (χ4n) is 4.31. The molecule has 0 atom stereocenters. The molecule has 5 nitrogen and oxygen atoms in total. The van der Waals surface area contributed by atoms with Crippen LogP contribution < -0.4 is 5.46 Å². The molecule has 0 saturated carbocycles. The van der Waals surface area contributed by atoms with Crippen LogP contribution in [0.1, 0.15) is 45.7 Å². The lowest BCUT2D eigenvalue weighted by Gasteiger charge is -2.48. The normalized spacial score (nSPS) is 21.5. The van der Waals surface area contributed by atoms with E-state index in [4.69, 9.17) is 14.0 Å². The lowest BCUT2D eigenvalue weighted by atomic mass is 9.71. The van der Waals surface area contributed by atoms with Crippen molar-refractivity contribution >= 4 is 18.6 Å². The highest BCUT2D eigenvalue weighted by Gasteiger charge is 2.53. The molecule has 0 unspecified atom stereocenters. The molecule has 31 heavy (non-hydrogen) atoms. The van der Waals surface area contributed by atoms with Gasteiger partial charge < -0.3 is 14.0 Å². The molecule has 0 N–H and O–H groups in total. The first-order chi connectivity index (χ1) is 14.7. The van der Waals surface area contributed by atoms with Gasteiger partial charge in [0.1, 0.15) is 5.41 Å². The van der Waals surface area contributed by atoms with Crippen molar-refractivity contribution in [1.29, 1.82) is 0 Å². The maximum absolute atomic E-state index is 13.0. The Morgan fingerprint density at radius 1 is 0.968 bits per heavy atom. The summed E-state index contributed by atoms with van der Waals surface area (Å²) >= 11 is 0. The van der Waals surface area contributed by atoms with E-state index in [1.165, 1.54) is 5.56 Å². The maximum atomic E-state index is 13.0. The predicted molar refractivity (Wildman–Crippen MR) is 122 cm³/mol. The van der Waals surface area contributed by atoms with Gasteiger partial charge in [0, 0.05) is 19.6 Å². The summed E-state index contributed by atoms with van der Waals surface area (Å²) in [6.45, 7) is 12.6. The van der Waals surface area contributed by atoms with Gasteiger partial charge in [-0.2, -0.15) is 0 Å². The second-order valence-corrected chi connectivity index (χ2v) is 9.64. The summed E-state index contributed by atoms with van der Waals surface area (Å²) in [5, 5.41) is 0. The van der Waals surface area contributed by atoms with Crippen LogP contribution in [0.4, 0.5) is 0 Å². The maximum Gasteiger partial charge on any atom is 0.494 e. The summed E-state index contributed by atoms with van der Waals surface area (Å²) in [6, 6.07) is 18.4. The third kappa shape index (κ3) is 4.04. The van der Waals surface area contributed by atoms with E-state index in [0.717, 1.165) is 17.6 Å². The number of rotatable bonds is 6. The number of likely N-dealkylation sites (tertiary alicyclic amines) is 1.